The summed E-state index contributed by atoms with van der Waals surface area (Å²) in [5, 5.41) is 9.54. The number of hydrogen-bond donors (Lipinski definition) is 2. The van der Waals surface area contributed by atoms with Gasteiger partial charge in [0.05, 0.1) is 28.7 Å². The first-order valence-corrected chi connectivity index (χ1v) is 10.6. The number of para-hydroxylation sites is 1. The minimum absolute atomic E-state index is 0.107. The normalized spacial score (nSPS) is 10.9. The lowest BCUT2D eigenvalue weighted by atomic mass is 10.1. The van der Waals surface area contributed by atoms with Crippen LogP contribution in [0, 0.1) is 5.82 Å². The molecule has 31 heavy (non-hydrogen) atoms. The summed E-state index contributed by atoms with van der Waals surface area (Å²) in [5.41, 5.74) is 2.24. The predicted molar refractivity (Wildman–Crippen MR) is 124 cm³/mol. The molecule has 0 unspecified atom stereocenters. The van der Waals surface area contributed by atoms with Crippen LogP contribution in [0.5, 0.6) is 5.75 Å². The van der Waals surface area contributed by atoms with Crippen molar-refractivity contribution in [3.05, 3.63) is 59.0 Å². The highest BCUT2D eigenvalue weighted by Crippen LogP contribution is 2.36. The zero-order chi connectivity index (χ0) is 22.4. The molecule has 9 heteroatoms. The minimum atomic E-state index is -0.542. The van der Waals surface area contributed by atoms with Crippen LogP contribution >= 0.6 is 15.9 Å². The fourth-order valence-corrected chi connectivity index (χ4v) is 3.60. The third-order valence-electron chi connectivity index (χ3n) is 4.52. The average Bonchev–Trinajstić information content (AvgIpc) is 3.05. The largest absolute Gasteiger partial charge is 0.493 e. The van der Waals surface area contributed by atoms with Gasteiger partial charge in [-0.05, 0) is 66.8 Å². The molecule has 0 atom stereocenters. The Hall–Kier alpha value is -2.91. The first-order chi connectivity index (χ1) is 14.8. The number of aryl methyl sites for hydroxylation is 1. The van der Waals surface area contributed by atoms with Gasteiger partial charge >= 0.3 is 6.03 Å². The van der Waals surface area contributed by atoms with Crippen molar-refractivity contribution >= 4 is 33.3 Å². The van der Waals surface area contributed by atoms with E-state index >= 15 is 0 Å². The average molecular weight is 490 g/mol. The quantitative estimate of drug-likeness (QED) is 0.438. The van der Waals surface area contributed by atoms with Crippen LogP contribution in [0.25, 0.3) is 11.3 Å². The first kappa shape index (κ1) is 22.8. The Balaban J connectivity index is 1.81. The number of urea groups is 1. The molecule has 7 nitrogen and oxygen atoms in total. The number of carbonyl (C=O) groups is 1. The van der Waals surface area contributed by atoms with Crippen molar-refractivity contribution in [2.75, 3.05) is 37.9 Å². The Labute approximate surface area is 189 Å². The summed E-state index contributed by atoms with van der Waals surface area (Å²) in [7, 11) is 5.87. The smallest absolute Gasteiger partial charge is 0.323 e. The Morgan fingerprint density at radius 1 is 1.23 bits per heavy atom. The van der Waals surface area contributed by atoms with Crippen LogP contribution in [0.15, 0.2) is 53.1 Å². The van der Waals surface area contributed by atoms with Gasteiger partial charge in [0, 0.05) is 24.8 Å². The van der Waals surface area contributed by atoms with Crippen molar-refractivity contribution in [3.8, 4) is 17.0 Å². The molecule has 0 radical (unpaired) electrons. The Kier molecular flexibility index (Phi) is 7.64. The molecule has 0 saturated heterocycles. The van der Waals surface area contributed by atoms with Crippen LogP contribution in [0.3, 0.4) is 0 Å². The number of hydrogen-bond acceptors (Lipinski definition) is 4. The third-order valence-corrected chi connectivity index (χ3v) is 5.10. The van der Waals surface area contributed by atoms with Gasteiger partial charge in [-0.2, -0.15) is 5.10 Å². The first-order valence-electron chi connectivity index (χ1n) is 9.77. The number of halogens is 2. The predicted octanol–water partition coefficient (Wildman–Crippen LogP) is 4.96. The molecule has 0 fully saturated rings. The second-order valence-corrected chi connectivity index (χ2v) is 8.09. The molecule has 0 spiro atoms. The van der Waals surface area contributed by atoms with E-state index in [1.54, 1.807) is 29.1 Å². The number of rotatable bonds is 8. The summed E-state index contributed by atoms with van der Waals surface area (Å²) in [4.78, 5) is 14.5. The molecule has 2 amide bonds. The van der Waals surface area contributed by atoms with Gasteiger partial charge in [-0.15, -0.1) is 0 Å². The molecule has 2 aromatic carbocycles. The minimum Gasteiger partial charge on any atom is -0.493 e. The molecule has 164 valence electrons. The number of ether oxygens (including phenoxy) is 1. The maximum absolute atomic E-state index is 13.8. The third kappa shape index (κ3) is 6.05. The van der Waals surface area contributed by atoms with Gasteiger partial charge in [-0.25, -0.2) is 9.18 Å². The van der Waals surface area contributed by atoms with Crippen LogP contribution in [-0.2, 0) is 7.05 Å². The van der Waals surface area contributed by atoms with Gasteiger partial charge in [0.2, 0.25) is 0 Å². The van der Waals surface area contributed by atoms with Crippen molar-refractivity contribution in [2.24, 2.45) is 7.05 Å². The van der Waals surface area contributed by atoms with Crippen LogP contribution in [0.1, 0.15) is 6.42 Å². The van der Waals surface area contributed by atoms with Gasteiger partial charge in [0.1, 0.15) is 11.6 Å². The maximum Gasteiger partial charge on any atom is 0.323 e. The van der Waals surface area contributed by atoms with E-state index in [4.69, 9.17) is 4.74 Å². The Morgan fingerprint density at radius 2 is 2.00 bits per heavy atom. The van der Waals surface area contributed by atoms with Gasteiger partial charge in [0.25, 0.3) is 0 Å². The number of benzene rings is 2. The summed E-state index contributed by atoms with van der Waals surface area (Å²) in [6.45, 7) is 1.47. The van der Waals surface area contributed by atoms with E-state index in [2.05, 4.69) is 36.6 Å². The van der Waals surface area contributed by atoms with Crippen LogP contribution < -0.4 is 15.4 Å². The van der Waals surface area contributed by atoms with E-state index < -0.39 is 11.8 Å². The van der Waals surface area contributed by atoms with Crippen molar-refractivity contribution in [3.63, 3.8) is 0 Å². The lowest BCUT2D eigenvalue weighted by molar-refractivity contribution is 0.262. The monoisotopic (exact) mass is 489 g/mol. The zero-order valence-corrected chi connectivity index (χ0v) is 19.2. The van der Waals surface area contributed by atoms with Gasteiger partial charge < -0.3 is 20.3 Å². The summed E-state index contributed by atoms with van der Waals surface area (Å²) in [5.74, 6) is 0.182. The molecule has 1 aromatic heterocycles. The summed E-state index contributed by atoms with van der Waals surface area (Å²) < 4.78 is 22.4. The number of nitrogens with zero attached hydrogens (tertiary/aromatic N) is 3. The van der Waals surface area contributed by atoms with Crippen molar-refractivity contribution < 1.29 is 13.9 Å². The lowest BCUT2D eigenvalue weighted by Gasteiger charge is -2.16. The van der Waals surface area contributed by atoms with Crippen molar-refractivity contribution in [1.29, 1.82) is 0 Å². The highest BCUT2D eigenvalue weighted by molar-refractivity contribution is 9.10. The molecule has 0 aliphatic heterocycles. The topological polar surface area (TPSA) is 71.4 Å². The zero-order valence-electron chi connectivity index (χ0n) is 17.7. The number of anilines is 2. The highest BCUT2D eigenvalue weighted by Gasteiger charge is 2.16. The van der Waals surface area contributed by atoms with Crippen LogP contribution in [0.2, 0.25) is 0 Å². The van der Waals surface area contributed by atoms with Crippen LogP contribution in [0.4, 0.5) is 20.6 Å². The summed E-state index contributed by atoms with van der Waals surface area (Å²) >= 11 is 3.53. The van der Waals surface area contributed by atoms with E-state index in [9.17, 15) is 9.18 Å². The molecule has 0 bridgehead atoms. The number of amides is 2. The standard InChI is InChI=1S/C22H25BrFN5O2/c1-28(2)11-6-12-31-20-10-9-15(13-16(20)21-17(23)14-25-29(21)3)26-22(30)27-19-8-5-4-7-18(19)24/h4-5,7-10,13-14H,6,11-12H2,1-3H3,(H2,26,27,30). The Bertz CT molecular complexity index is 1030. The van der Waals surface area contributed by atoms with E-state index in [-0.39, 0.29) is 5.69 Å². The highest BCUT2D eigenvalue weighted by atomic mass is 79.9. The number of carbonyl (C=O) groups excluding carboxylic acids is 1. The Morgan fingerprint density at radius 3 is 2.68 bits per heavy atom. The molecule has 0 aliphatic rings. The number of nitrogens with one attached hydrogen (secondary N) is 2. The van der Waals surface area contributed by atoms with Crippen LogP contribution in [-0.4, -0.2) is 48.0 Å². The van der Waals surface area contributed by atoms with E-state index in [1.165, 1.54) is 12.1 Å². The molecule has 3 aromatic rings. The van der Waals surface area contributed by atoms with E-state index in [0.29, 0.717) is 18.0 Å². The van der Waals surface area contributed by atoms with Gasteiger partial charge in [-0.1, -0.05) is 12.1 Å². The van der Waals surface area contributed by atoms with E-state index in [0.717, 1.165) is 28.7 Å². The van der Waals surface area contributed by atoms with E-state index in [1.807, 2.05) is 33.3 Å². The summed E-state index contributed by atoms with van der Waals surface area (Å²) in [6.07, 6.45) is 2.58. The van der Waals surface area contributed by atoms with Gasteiger partial charge in [-0.3, -0.25) is 4.68 Å². The lowest BCUT2D eigenvalue weighted by Crippen LogP contribution is -2.20. The summed E-state index contributed by atoms with van der Waals surface area (Å²) in [6, 6.07) is 10.8. The second kappa shape index (κ2) is 10.4. The van der Waals surface area contributed by atoms with Gasteiger partial charge in [0.15, 0.2) is 0 Å². The second-order valence-electron chi connectivity index (χ2n) is 7.24. The fraction of sp³-hybridized carbons (Fsp3) is 0.273. The molecular weight excluding hydrogens is 465 g/mol. The molecule has 2 N–H and O–H groups in total. The molecule has 0 aliphatic carbocycles. The molecule has 3 rings (SSSR count). The number of aromatic nitrogens is 2. The maximum atomic E-state index is 13.8. The molecule has 0 saturated carbocycles. The SMILES string of the molecule is CN(C)CCCOc1ccc(NC(=O)Nc2ccccc2F)cc1-c1c(Br)cnn1C. The van der Waals surface area contributed by atoms with Crippen molar-refractivity contribution in [1.82, 2.24) is 14.7 Å². The van der Waals surface area contributed by atoms with Crippen molar-refractivity contribution in [2.45, 2.75) is 6.42 Å². The fourth-order valence-electron chi connectivity index (χ4n) is 3.04. The molecular formula is C22H25BrFN5O2. The molecule has 1 heterocycles.